The molecule has 2 aromatic carbocycles. The monoisotopic (exact) mass is 554 g/mol. The number of carbonyl (C=O) groups excluding carboxylic acids is 1. The number of benzene rings is 2. The van der Waals surface area contributed by atoms with Gasteiger partial charge in [0.25, 0.3) is 0 Å². The third-order valence-corrected chi connectivity index (χ3v) is 8.81. The lowest BCUT2D eigenvalue weighted by Gasteiger charge is -2.47. The van der Waals surface area contributed by atoms with Gasteiger partial charge in [0.15, 0.2) is 0 Å². The van der Waals surface area contributed by atoms with E-state index in [0.717, 1.165) is 88.9 Å². The largest absolute Gasteiger partial charge is 0.495 e. The fraction of sp³-hybridized carbons (Fsp3) is 0.581. The van der Waals surface area contributed by atoms with Crippen molar-refractivity contribution in [2.24, 2.45) is 5.92 Å². The number of halogens is 1. The third-order valence-electron chi connectivity index (χ3n) is 8.58. The first-order chi connectivity index (χ1) is 19.1. The van der Waals surface area contributed by atoms with Gasteiger partial charge in [-0.05, 0) is 68.0 Å². The molecule has 0 aromatic heterocycles. The quantitative estimate of drug-likeness (QED) is 0.469. The van der Waals surface area contributed by atoms with Crippen LogP contribution in [0.25, 0.3) is 0 Å². The Balaban J connectivity index is 1.20. The van der Waals surface area contributed by atoms with Gasteiger partial charge in [0.2, 0.25) is 5.91 Å². The van der Waals surface area contributed by atoms with Crippen LogP contribution in [0.5, 0.6) is 5.75 Å². The van der Waals surface area contributed by atoms with Crippen molar-refractivity contribution in [2.75, 3.05) is 64.4 Å². The van der Waals surface area contributed by atoms with Gasteiger partial charge in [0, 0.05) is 69.9 Å². The zero-order valence-electron chi connectivity index (χ0n) is 23.2. The Labute approximate surface area is 238 Å². The highest BCUT2D eigenvalue weighted by Gasteiger charge is 2.35. The van der Waals surface area contributed by atoms with Crippen LogP contribution < -0.4 is 15.0 Å². The fourth-order valence-corrected chi connectivity index (χ4v) is 6.73. The number of likely N-dealkylation sites (tertiary alicyclic amines) is 1. The highest BCUT2D eigenvalue weighted by molar-refractivity contribution is 6.30. The van der Waals surface area contributed by atoms with E-state index in [9.17, 15) is 4.79 Å². The Kier molecular flexibility index (Phi) is 10.0. The summed E-state index contributed by atoms with van der Waals surface area (Å²) in [4.78, 5) is 20.4. The molecular formula is C31H43ClN4O3. The predicted octanol–water partition coefficient (Wildman–Crippen LogP) is 4.44. The van der Waals surface area contributed by atoms with Crippen LogP contribution >= 0.6 is 11.6 Å². The number of carbonyl (C=O) groups is 1. The smallest absolute Gasteiger partial charge is 0.220 e. The number of hydrogen-bond donors (Lipinski definition) is 1. The first-order valence-corrected chi connectivity index (χ1v) is 14.9. The molecule has 3 aliphatic rings. The van der Waals surface area contributed by atoms with E-state index >= 15 is 0 Å². The molecule has 0 unspecified atom stereocenters. The van der Waals surface area contributed by atoms with Gasteiger partial charge in [-0.3, -0.25) is 14.6 Å². The van der Waals surface area contributed by atoms with E-state index in [1.165, 1.54) is 11.3 Å². The van der Waals surface area contributed by atoms with Crippen molar-refractivity contribution < 1.29 is 14.3 Å². The SMILES string of the molecule is COc1ccccc1N1CCN([C@@H]2CCN(Cc3cccc(Cl)c3)C[C@@H]2CCC(=O)NC[C@H]2CCCO2)CC1. The summed E-state index contributed by atoms with van der Waals surface area (Å²) in [5.74, 6) is 1.54. The molecule has 3 fully saturated rings. The minimum atomic E-state index is 0.150. The molecule has 3 saturated heterocycles. The summed E-state index contributed by atoms with van der Waals surface area (Å²) in [5.41, 5.74) is 2.43. The highest BCUT2D eigenvalue weighted by atomic mass is 35.5. The Morgan fingerprint density at radius 3 is 2.69 bits per heavy atom. The summed E-state index contributed by atoms with van der Waals surface area (Å²) >= 11 is 6.26. The summed E-state index contributed by atoms with van der Waals surface area (Å²) in [6.45, 7) is 8.44. The Hall–Kier alpha value is -2.32. The zero-order chi connectivity index (χ0) is 27.0. The van der Waals surface area contributed by atoms with Crippen molar-refractivity contribution in [1.29, 1.82) is 0 Å². The first-order valence-electron chi connectivity index (χ1n) is 14.6. The average Bonchev–Trinajstić information content (AvgIpc) is 3.49. The number of nitrogens with zero attached hydrogens (tertiary/aromatic N) is 3. The molecule has 0 bridgehead atoms. The van der Waals surface area contributed by atoms with Crippen LogP contribution in [0.15, 0.2) is 48.5 Å². The van der Waals surface area contributed by atoms with Crippen molar-refractivity contribution in [1.82, 2.24) is 15.1 Å². The number of anilines is 1. The maximum atomic E-state index is 12.8. The van der Waals surface area contributed by atoms with Gasteiger partial charge in [-0.15, -0.1) is 0 Å². The lowest BCUT2D eigenvalue weighted by Crippen LogP contribution is -2.56. The van der Waals surface area contributed by atoms with Crippen LogP contribution in [0.4, 0.5) is 5.69 Å². The molecular weight excluding hydrogens is 512 g/mol. The number of piperidine rings is 1. The standard InChI is InChI=1S/C31H43ClN4O3/c1-38-30-10-3-2-9-29(30)36-17-15-35(16-18-36)28-13-14-34(22-24-6-4-7-26(32)20-24)23-25(28)11-12-31(37)33-21-27-8-5-19-39-27/h2-4,6-7,9-10,20,25,27-28H,5,8,11-19,21-23H2,1H3,(H,33,37)/t25-,27+,28+/m0/s1. The van der Waals surface area contributed by atoms with E-state index in [0.29, 0.717) is 24.9 Å². The number of rotatable bonds is 10. The maximum Gasteiger partial charge on any atom is 0.220 e. The van der Waals surface area contributed by atoms with E-state index in [1.54, 1.807) is 7.11 Å². The van der Waals surface area contributed by atoms with E-state index < -0.39 is 0 Å². The molecule has 3 aliphatic heterocycles. The van der Waals surface area contributed by atoms with Crippen LogP contribution in [-0.4, -0.2) is 87.4 Å². The van der Waals surface area contributed by atoms with Crippen molar-refractivity contribution >= 4 is 23.2 Å². The molecule has 5 rings (SSSR count). The number of nitrogens with one attached hydrogen (secondary N) is 1. The Bertz CT molecular complexity index is 1070. The topological polar surface area (TPSA) is 57.3 Å². The lowest BCUT2D eigenvalue weighted by molar-refractivity contribution is -0.122. The second kappa shape index (κ2) is 13.8. The number of amides is 1. The predicted molar refractivity (Wildman–Crippen MR) is 157 cm³/mol. The number of hydrogen-bond acceptors (Lipinski definition) is 6. The van der Waals surface area contributed by atoms with Gasteiger partial charge in [0.1, 0.15) is 5.75 Å². The van der Waals surface area contributed by atoms with Gasteiger partial charge in [-0.1, -0.05) is 35.9 Å². The van der Waals surface area contributed by atoms with Gasteiger partial charge in [-0.25, -0.2) is 0 Å². The van der Waals surface area contributed by atoms with E-state index in [-0.39, 0.29) is 12.0 Å². The molecule has 1 N–H and O–H groups in total. The summed E-state index contributed by atoms with van der Waals surface area (Å²) in [6, 6.07) is 17.0. The average molecular weight is 555 g/mol. The van der Waals surface area contributed by atoms with Crippen molar-refractivity contribution in [2.45, 2.75) is 50.8 Å². The number of para-hydroxylation sites is 2. The molecule has 0 radical (unpaired) electrons. The minimum Gasteiger partial charge on any atom is -0.495 e. The highest BCUT2D eigenvalue weighted by Crippen LogP contribution is 2.32. The van der Waals surface area contributed by atoms with Gasteiger partial charge >= 0.3 is 0 Å². The molecule has 3 heterocycles. The van der Waals surface area contributed by atoms with Crippen LogP contribution in [-0.2, 0) is 16.1 Å². The van der Waals surface area contributed by atoms with Crippen molar-refractivity contribution in [3.8, 4) is 5.75 Å². The van der Waals surface area contributed by atoms with E-state index in [1.807, 2.05) is 24.3 Å². The zero-order valence-corrected chi connectivity index (χ0v) is 24.0. The minimum absolute atomic E-state index is 0.150. The second-order valence-electron chi connectivity index (χ2n) is 11.2. The van der Waals surface area contributed by atoms with Crippen LogP contribution in [0.1, 0.15) is 37.7 Å². The normalized spacial score (nSPS) is 24.6. The summed E-state index contributed by atoms with van der Waals surface area (Å²) < 4.78 is 11.3. The van der Waals surface area contributed by atoms with Crippen molar-refractivity contribution in [3.63, 3.8) is 0 Å². The summed E-state index contributed by atoms with van der Waals surface area (Å²) in [7, 11) is 1.74. The summed E-state index contributed by atoms with van der Waals surface area (Å²) in [5, 5.41) is 3.91. The van der Waals surface area contributed by atoms with E-state index in [4.69, 9.17) is 21.1 Å². The molecule has 0 aliphatic carbocycles. The molecule has 8 heteroatoms. The van der Waals surface area contributed by atoms with Crippen LogP contribution in [0.3, 0.4) is 0 Å². The fourth-order valence-electron chi connectivity index (χ4n) is 6.52. The van der Waals surface area contributed by atoms with Gasteiger partial charge in [-0.2, -0.15) is 0 Å². The molecule has 2 aromatic rings. The second-order valence-corrected chi connectivity index (χ2v) is 11.6. The van der Waals surface area contributed by atoms with Gasteiger partial charge < -0.3 is 19.7 Å². The van der Waals surface area contributed by atoms with Gasteiger partial charge in [0.05, 0.1) is 18.9 Å². The van der Waals surface area contributed by atoms with Crippen molar-refractivity contribution in [3.05, 3.63) is 59.1 Å². The molecule has 0 spiro atoms. The molecule has 0 saturated carbocycles. The Morgan fingerprint density at radius 1 is 1.08 bits per heavy atom. The number of methoxy groups -OCH3 is 1. The lowest BCUT2D eigenvalue weighted by atomic mass is 9.86. The molecule has 39 heavy (non-hydrogen) atoms. The van der Waals surface area contributed by atoms with E-state index in [2.05, 4.69) is 44.3 Å². The van der Waals surface area contributed by atoms with Crippen LogP contribution in [0.2, 0.25) is 5.02 Å². The third kappa shape index (κ3) is 7.66. The maximum absolute atomic E-state index is 12.8. The molecule has 7 nitrogen and oxygen atoms in total. The van der Waals surface area contributed by atoms with Crippen LogP contribution in [0, 0.1) is 5.92 Å². The first kappa shape index (κ1) is 28.2. The molecule has 1 amide bonds. The Morgan fingerprint density at radius 2 is 1.92 bits per heavy atom. The summed E-state index contributed by atoms with van der Waals surface area (Å²) in [6.07, 6.45) is 4.92. The number of piperazine rings is 1. The molecule has 3 atom stereocenters. The molecule has 212 valence electrons. The number of ether oxygens (including phenoxy) is 2.